The maximum absolute atomic E-state index is 13.3. The molecule has 2 N–H and O–H groups in total. The molecule has 0 radical (unpaired) electrons. The molecule has 2 unspecified atom stereocenters. The number of imidazole rings is 1. The lowest BCUT2D eigenvalue weighted by Crippen LogP contribution is -2.25. The van der Waals surface area contributed by atoms with E-state index in [1.54, 1.807) is 6.07 Å². The largest absolute Gasteiger partial charge is 0.381 e. The zero-order chi connectivity index (χ0) is 13.4. The van der Waals surface area contributed by atoms with E-state index in [4.69, 9.17) is 10.5 Å². The highest BCUT2D eigenvalue weighted by molar-refractivity contribution is 5.76. The molecule has 2 atom stereocenters. The molecule has 5 heteroatoms. The molecule has 2 aromatic rings. The molecule has 0 amide bonds. The summed E-state index contributed by atoms with van der Waals surface area (Å²) >= 11 is 0. The van der Waals surface area contributed by atoms with Gasteiger partial charge in [0.05, 0.1) is 23.7 Å². The third kappa shape index (κ3) is 2.13. The monoisotopic (exact) mass is 263 g/mol. The van der Waals surface area contributed by atoms with E-state index in [0.29, 0.717) is 18.0 Å². The lowest BCUT2D eigenvalue weighted by Gasteiger charge is -2.18. The minimum absolute atomic E-state index is 0.155. The molecular formula is C14H18FN3O. The highest BCUT2D eigenvalue weighted by Crippen LogP contribution is 2.29. The average Bonchev–Trinajstić information content (AvgIpc) is 3.04. The number of nitrogens with two attached hydrogens (primary N) is 1. The molecule has 1 aliphatic heterocycles. The van der Waals surface area contributed by atoms with Crippen LogP contribution in [0.15, 0.2) is 18.2 Å². The molecule has 0 spiro atoms. The number of nitrogens with zero attached hydrogens (tertiary/aromatic N) is 2. The number of aryl methyl sites for hydroxylation is 1. The molecule has 0 saturated carbocycles. The number of hydrogen-bond donors (Lipinski definition) is 1. The van der Waals surface area contributed by atoms with Crippen LogP contribution in [0.1, 0.15) is 25.2 Å². The van der Waals surface area contributed by atoms with Gasteiger partial charge < -0.3 is 15.0 Å². The fourth-order valence-corrected chi connectivity index (χ4v) is 2.76. The number of fused-ring (bicyclic) bond motifs is 1. The first-order valence-electron chi connectivity index (χ1n) is 6.69. The van der Waals surface area contributed by atoms with Gasteiger partial charge in [0.25, 0.3) is 0 Å². The van der Waals surface area contributed by atoms with Gasteiger partial charge in [0.1, 0.15) is 11.6 Å². The van der Waals surface area contributed by atoms with Gasteiger partial charge in [0.2, 0.25) is 0 Å². The zero-order valence-electron chi connectivity index (χ0n) is 11.0. The molecule has 2 heterocycles. The van der Waals surface area contributed by atoms with Crippen molar-refractivity contribution in [2.75, 3.05) is 13.2 Å². The first-order valence-corrected chi connectivity index (χ1v) is 6.69. The average molecular weight is 263 g/mol. The van der Waals surface area contributed by atoms with Gasteiger partial charge in [-0.3, -0.25) is 0 Å². The molecule has 0 aliphatic carbocycles. The number of ether oxygens (including phenoxy) is 1. The van der Waals surface area contributed by atoms with Crippen molar-refractivity contribution in [1.29, 1.82) is 0 Å². The molecule has 3 rings (SSSR count). The second-order valence-electron chi connectivity index (χ2n) is 5.00. The molecule has 1 saturated heterocycles. The normalized spacial score (nSPS) is 21.1. The lowest BCUT2D eigenvalue weighted by molar-refractivity contribution is 0.180. The predicted molar refractivity (Wildman–Crippen MR) is 71.2 cm³/mol. The Morgan fingerprint density at radius 2 is 2.42 bits per heavy atom. The van der Waals surface area contributed by atoms with Crippen molar-refractivity contribution in [3.63, 3.8) is 0 Å². The van der Waals surface area contributed by atoms with Gasteiger partial charge in [0.15, 0.2) is 0 Å². The summed E-state index contributed by atoms with van der Waals surface area (Å²) in [7, 11) is 0. The van der Waals surface area contributed by atoms with E-state index < -0.39 is 0 Å². The van der Waals surface area contributed by atoms with Gasteiger partial charge in [-0.2, -0.15) is 0 Å². The van der Waals surface area contributed by atoms with Crippen LogP contribution >= 0.6 is 0 Å². The highest BCUT2D eigenvalue weighted by Gasteiger charge is 2.28. The van der Waals surface area contributed by atoms with Gasteiger partial charge in [-0.25, -0.2) is 9.37 Å². The van der Waals surface area contributed by atoms with Crippen molar-refractivity contribution in [1.82, 2.24) is 9.55 Å². The standard InChI is InChI=1S/C14H18FN3O/c1-2-18-12-4-3-10(15)7-11(12)17-14(18)13(16)9-5-6-19-8-9/h3-4,7,9,13H,2,5-6,8,16H2,1H3. The topological polar surface area (TPSA) is 53.1 Å². The summed E-state index contributed by atoms with van der Waals surface area (Å²) in [6, 6.07) is 4.54. The number of hydrogen-bond acceptors (Lipinski definition) is 3. The van der Waals surface area contributed by atoms with Crippen LogP contribution in [0.5, 0.6) is 0 Å². The molecule has 102 valence electrons. The summed E-state index contributed by atoms with van der Waals surface area (Å²) in [6.07, 6.45) is 0.961. The summed E-state index contributed by atoms with van der Waals surface area (Å²) in [5, 5.41) is 0. The van der Waals surface area contributed by atoms with Crippen LogP contribution in [-0.4, -0.2) is 22.8 Å². The van der Waals surface area contributed by atoms with Crippen LogP contribution in [0.2, 0.25) is 0 Å². The van der Waals surface area contributed by atoms with Crippen LogP contribution in [0, 0.1) is 11.7 Å². The van der Waals surface area contributed by atoms with E-state index in [1.165, 1.54) is 12.1 Å². The van der Waals surface area contributed by atoms with Crippen molar-refractivity contribution in [3.8, 4) is 0 Å². The summed E-state index contributed by atoms with van der Waals surface area (Å²) in [5.74, 6) is 0.864. The number of benzene rings is 1. The van der Waals surface area contributed by atoms with Crippen molar-refractivity contribution >= 4 is 11.0 Å². The van der Waals surface area contributed by atoms with Gasteiger partial charge in [-0.1, -0.05) is 0 Å². The number of halogens is 1. The number of aromatic nitrogens is 2. The van der Waals surface area contributed by atoms with E-state index in [0.717, 1.165) is 30.9 Å². The molecule has 4 nitrogen and oxygen atoms in total. The smallest absolute Gasteiger partial charge is 0.127 e. The minimum atomic E-state index is -0.266. The molecule has 1 aromatic carbocycles. The molecule has 1 aliphatic rings. The molecule has 19 heavy (non-hydrogen) atoms. The predicted octanol–water partition coefficient (Wildman–Crippen LogP) is 2.23. The Balaban J connectivity index is 2.06. The summed E-state index contributed by atoms with van der Waals surface area (Å²) in [6.45, 7) is 4.27. The molecule has 1 fully saturated rings. The first kappa shape index (κ1) is 12.6. The van der Waals surface area contributed by atoms with E-state index >= 15 is 0 Å². The Kier molecular flexibility index (Phi) is 3.24. The molecular weight excluding hydrogens is 245 g/mol. The Hall–Kier alpha value is -1.46. The van der Waals surface area contributed by atoms with Crippen molar-refractivity contribution in [2.45, 2.75) is 25.9 Å². The second-order valence-corrected chi connectivity index (χ2v) is 5.00. The van der Waals surface area contributed by atoms with Crippen LogP contribution < -0.4 is 5.73 Å². The Bertz CT molecular complexity index is 590. The SMILES string of the molecule is CCn1c(C(N)C2CCOC2)nc2cc(F)ccc21. The third-order valence-electron chi connectivity index (χ3n) is 3.83. The summed E-state index contributed by atoms with van der Waals surface area (Å²) in [5.41, 5.74) is 7.93. The second kappa shape index (κ2) is 4.90. The van der Waals surface area contributed by atoms with Gasteiger partial charge in [-0.05, 0) is 25.5 Å². The zero-order valence-corrected chi connectivity index (χ0v) is 11.0. The summed E-state index contributed by atoms with van der Waals surface area (Å²) < 4.78 is 20.7. The van der Waals surface area contributed by atoms with Crippen molar-refractivity contribution < 1.29 is 9.13 Å². The molecule has 1 aromatic heterocycles. The van der Waals surface area contributed by atoms with Gasteiger partial charge >= 0.3 is 0 Å². The quantitative estimate of drug-likeness (QED) is 0.924. The fraction of sp³-hybridized carbons (Fsp3) is 0.500. The molecule has 0 bridgehead atoms. The minimum Gasteiger partial charge on any atom is -0.381 e. The third-order valence-corrected chi connectivity index (χ3v) is 3.83. The van der Waals surface area contributed by atoms with Gasteiger partial charge in [-0.15, -0.1) is 0 Å². The number of rotatable bonds is 3. The van der Waals surface area contributed by atoms with Crippen LogP contribution in [0.25, 0.3) is 11.0 Å². The van der Waals surface area contributed by atoms with Crippen molar-refractivity contribution in [3.05, 3.63) is 29.8 Å². The van der Waals surface area contributed by atoms with E-state index in [9.17, 15) is 4.39 Å². The van der Waals surface area contributed by atoms with Crippen LogP contribution in [0.3, 0.4) is 0 Å². The summed E-state index contributed by atoms with van der Waals surface area (Å²) in [4.78, 5) is 4.53. The highest BCUT2D eigenvalue weighted by atomic mass is 19.1. The van der Waals surface area contributed by atoms with Crippen molar-refractivity contribution in [2.24, 2.45) is 11.7 Å². The van der Waals surface area contributed by atoms with Crippen LogP contribution in [0.4, 0.5) is 4.39 Å². The Morgan fingerprint density at radius 3 is 3.11 bits per heavy atom. The van der Waals surface area contributed by atoms with Gasteiger partial charge in [0, 0.05) is 25.1 Å². The lowest BCUT2D eigenvalue weighted by atomic mass is 9.99. The Labute approximate surface area is 111 Å². The maximum Gasteiger partial charge on any atom is 0.127 e. The fourth-order valence-electron chi connectivity index (χ4n) is 2.76. The van der Waals surface area contributed by atoms with E-state index in [-0.39, 0.29) is 11.9 Å². The van der Waals surface area contributed by atoms with E-state index in [1.807, 2.05) is 6.92 Å². The van der Waals surface area contributed by atoms with E-state index in [2.05, 4.69) is 9.55 Å². The Morgan fingerprint density at radius 1 is 1.58 bits per heavy atom. The maximum atomic E-state index is 13.3. The first-order chi connectivity index (χ1) is 9.20. The van der Waals surface area contributed by atoms with Crippen LogP contribution in [-0.2, 0) is 11.3 Å².